The van der Waals surface area contributed by atoms with E-state index in [9.17, 15) is 18.0 Å². The molecule has 0 spiro atoms. The number of rotatable bonds is 6. The largest absolute Gasteiger partial charge is 0.495 e. The lowest BCUT2D eigenvalue weighted by atomic mass is 9.88. The van der Waals surface area contributed by atoms with Gasteiger partial charge in [-0.15, -0.1) is 0 Å². The van der Waals surface area contributed by atoms with Crippen LogP contribution in [0.15, 0.2) is 47.4 Å². The summed E-state index contributed by atoms with van der Waals surface area (Å²) in [6.07, 6.45) is 1.16. The Morgan fingerprint density at radius 3 is 2.20 bits per heavy atom. The van der Waals surface area contributed by atoms with Gasteiger partial charge in [-0.3, -0.25) is 9.59 Å². The molecule has 3 rings (SSSR count). The monoisotopic (exact) mass is 430 g/mol. The van der Waals surface area contributed by atoms with E-state index in [0.29, 0.717) is 31.5 Å². The third-order valence-electron chi connectivity index (χ3n) is 5.46. The Bertz CT molecular complexity index is 1040. The van der Waals surface area contributed by atoms with Gasteiger partial charge < -0.3 is 9.64 Å². The molecule has 0 bridgehead atoms. The van der Waals surface area contributed by atoms with Crippen LogP contribution >= 0.6 is 0 Å². The van der Waals surface area contributed by atoms with Crippen LogP contribution in [0.3, 0.4) is 0 Å². The molecule has 0 unspecified atom stereocenters. The fraction of sp³-hybridized carbons (Fsp3) is 0.364. The highest BCUT2D eigenvalue weighted by molar-refractivity contribution is 7.89. The summed E-state index contributed by atoms with van der Waals surface area (Å²) in [5, 5.41) is 0. The Morgan fingerprint density at radius 1 is 1.03 bits per heavy atom. The average Bonchev–Trinajstić information content (AvgIpc) is 2.78. The minimum atomic E-state index is -3.77. The number of hydrogen-bond donors (Lipinski definition) is 1. The second-order valence-electron chi connectivity index (χ2n) is 7.37. The van der Waals surface area contributed by atoms with Gasteiger partial charge >= 0.3 is 0 Å². The number of aryl methyl sites for hydroxylation is 1. The Balaban J connectivity index is 1.71. The Morgan fingerprint density at radius 2 is 1.63 bits per heavy atom. The summed E-state index contributed by atoms with van der Waals surface area (Å²) in [5.74, 6) is -0.100. The van der Waals surface area contributed by atoms with Crippen LogP contribution < -0.4 is 9.46 Å². The number of benzene rings is 2. The number of Topliss-reactive ketones (excluding diaryl/α,β-unsaturated/α-hetero) is 1. The van der Waals surface area contributed by atoms with Crippen LogP contribution in [0.5, 0.6) is 5.75 Å². The number of ketones is 1. The van der Waals surface area contributed by atoms with Gasteiger partial charge in [0.1, 0.15) is 10.6 Å². The van der Waals surface area contributed by atoms with E-state index in [1.807, 2.05) is 31.2 Å². The van der Waals surface area contributed by atoms with E-state index < -0.39 is 10.0 Å². The van der Waals surface area contributed by atoms with Crippen molar-refractivity contribution in [3.05, 3.63) is 59.2 Å². The third-order valence-corrected chi connectivity index (χ3v) is 6.89. The first-order valence-corrected chi connectivity index (χ1v) is 11.3. The Kier molecular flexibility index (Phi) is 6.58. The lowest BCUT2D eigenvalue weighted by Crippen LogP contribution is -2.40. The number of methoxy groups -OCH3 is 1. The van der Waals surface area contributed by atoms with Gasteiger partial charge in [0.25, 0.3) is 5.91 Å². The van der Waals surface area contributed by atoms with E-state index >= 15 is 0 Å². The molecule has 30 heavy (non-hydrogen) atoms. The van der Waals surface area contributed by atoms with Gasteiger partial charge in [0.2, 0.25) is 10.0 Å². The Labute approximate surface area is 177 Å². The van der Waals surface area contributed by atoms with E-state index in [1.54, 1.807) is 11.0 Å². The number of nitrogens with one attached hydrogen (secondary N) is 1. The zero-order chi connectivity index (χ0) is 21.9. The molecule has 1 aliphatic heterocycles. The maximum Gasteiger partial charge on any atom is 0.253 e. The van der Waals surface area contributed by atoms with Crippen LogP contribution in [0, 0.1) is 12.8 Å². The van der Waals surface area contributed by atoms with Gasteiger partial charge in [-0.05, 0) is 45.0 Å². The summed E-state index contributed by atoms with van der Waals surface area (Å²) in [4.78, 5) is 27.2. The first kappa shape index (κ1) is 22.0. The molecule has 8 heteroatoms. The van der Waals surface area contributed by atoms with Crippen LogP contribution in [0.4, 0.5) is 0 Å². The second kappa shape index (κ2) is 8.97. The van der Waals surface area contributed by atoms with Crippen LogP contribution in [0.2, 0.25) is 0 Å². The molecule has 1 heterocycles. The van der Waals surface area contributed by atoms with Gasteiger partial charge in [0, 0.05) is 30.1 Å². The average molecular weight is 431 g/mol. The Hall–Kier alpha value is -2.71. The molecule has 1 fully saturated rings. The van der Waals surface area contributed by atoms with E-state index in [-0.39, 0.29) is 33.8 Å². The summed E-state index contributed by atoms with van der Waals surface area (Å²) in [6, 6.07) is 11.9. The molecule has 0 aliphatic carbocycles. The number of ether oxygens (including phenoxy) is 1. The van der Waals surface area contributed by atoms with Crippen molar-refractivity contribution in [1.82, 2.24) is 9.62 Å². The zero-order valence-electron chi connectivity index (χ0n) is 17.3. The van der Waals surface area contributed by atoms with Gasteiger partial charge in [0.15, 0.2) is 5.78 Å². The van der Waals surface area contributed by atoms with Crippen LogP contribution in [-0.4, -0.2) is 52.3 Å². The predicted molar refractivity (Wildman–Crippen MR) is 113 cm³/mol. The fourth-order valence-corrected chi connectivity index (χ4v) is 4.53. The molecule has 0 atom stereocenters. The first-order valence-electron chi connectivity index (χ1n) is 9.78. The maximum atomic E-state index is 12.9. The molecular formula is C22H26N2O5S. The minimum absolute atomic E-state index is 0.0808. The SMILES string of the molecule is CNS(=O)(=O)c1cc(C(=O)N2CCC(C(=O)c3ccc(C)cc3)CC2)ccc1OC. The normalized spacial score (nSPS) is 15.1. The zero-order valence-corrected chi connectivity index (χ0v) is 18.2. The lowest BCUT2D eigenvalue weighted by molar-refractivity contribution is 0.0650. The molecule has 0 radical (unpaired) electrons. The number of piperidine rings is 1. The molecule has 0 aromatic heterocycles. The van der Waals surface area contributed by atoms with Crippen molar-refractivity contribution in [2.45, 2.75) is 24.7 Å². The quantitative estimate of drug-likeness (QED) is 0.712. The summed E-state index contributed by atoms with van der Waals surface area (Å²) in [7, 11) is -1.09. The summed E-state index contributed by atoms with van der Waals surface area (Å²) in [6.45, 7) is 2.87. The standard InChI is InChI=1S/C22H26N2O5S/c1-15-4-6-16(7-5-15)21(25)17-10-12-24(13-11-17)22(26)18-8-9-19(29-3)20(14-18)30(27,28)23-2/h4-9,14,17,23H,10-13H2,1-3H3. The molecule has 7 nitrogen and oxygen atoms in total. The number of amides is 1. The molecular weight excluding hydrogens is 404 g/mol. The smallest absolute Gasteiger partial charge is 0.253 e. The topological polar surface area (TPSA) is 92.8 Å². The van der Waals surface area contributed by atoms with E-state index in [2.05, 4.69) is 4.72 Å². The van der Waals surface area contributed by atoms with Crippen molar-refractivity contribution < 1.29 is 22.7 Å². The van der Waals surface area contributed by atoms with Crippen LogP contribution in [-0.2, 0) is 10.0 Å². The molecule has 1 N–H and O–H groups in total. The van der Waals surface area contributed by atoms with Gasteiger partial charge in [0.05, 0.1) is 7.11 Å². The number of nitrogens with zero attached hydrogens (tertiary/aromatic N) is 1. The van der Waals surface area contributed by atoms with Crippen molar-refractivity contribution in [2.24, 2.45) is 5.92 Å². The highest BCUT2D eigenvalue weighted by atomic mass is 32.2. The maximum absolute atomic E-state index is 12.9. The predicted octanol–water partition coefficient (Wildman–Crippen LogP) is 2.65. The lowest BCUT2D eigenvalue weighted by Gasteiger charge is -2.31. The summed E-state index contributed by atoms with van der Waals surface area (Å²) < 4.78 is 31.9. The van der Waals surface area contributed by atoms with Crippen molar-refractivity contribution in [2.75, 3.05) is 27.2 Å². The molecule has 1 amide bonds. The fourth-order valence-electron chi connectivity index (χ4n) is 3.61. The molecule has 160 valence electrons. The first-order chi connectivity index (χ1) is 14.3. The van der Waals surface area contributed by atoms with Crippen molar-refractivity contribution in [1.29, 1.82) is 0 Å². The van der Waals surface area contributed by atoms with E-state index in [1.165, 1.54) is 26.3 Å². The molecule has 2 aromatic carbocycles. The van der Waals surface area contributed by atoms with Gasteiger partial charge in [-0.25, -0.2) is 13.1 Å². The second-order valence-corrected chi connectivity index (χ2v) is 9.22. The van der Waals surface area contributed by atoms with Gasteiger partial charge in [-0.2, -0.15) is 0 Å². The molecule has 1 saturated heterocycles. The van der Waals surface area contributed by atoms with Crippen molar-refractivity contribution in [3.8, 4) is 5.75 Å². The van der Waals surface area contributed by atoms with E-state index in [0.717, 1.165) is 5.56 Å². The molecule has 1 aliphatic rings. The van der Waals surface area contributed by atoms with E-state index in [4.69, 9.17) is 4.74 Å². The minimum Gasteiger partial charge on any atom is -0.495 e. The number of likely N-dealkylation sites (tertiary alicyclic amines) is 1. The van der Waals surface area contributed by atoms with Crippen LogP contribution in [0.1, 0.15) is 39.1 Å². The van der Waals surface area contributed by atoms with Crippen molar-refractivity contribution >= 4 is 21.7 Å². The highest BCUT2D eigenvalue weighted by Gasteiger charge is 2.29. The summed E-state index contributed by atoms with van der Waals surface area (Å²) in [5.41, 5.74) is 2.07. The summed E-state index contributed by atoms with van der Waals surface area (Å²) >= 11 is 0. The number of carbonyl (C=O) groups is 2. The molecule has 0 saturated carbocycles. The molecule has 2 aromatic rings. The number of carbonyl (C=O) groups excluding carboxylic acids is 2. The number of sulfonamides is 1. The van der Waals surface area contributed by atoms with Gasteiger partial charge in [-0.1, -0.05) is 29.8 Å². The highest BCUT2D eigenvalue weighted by Crippen LogP contribution is 2.27. The third kappa shape index (κ3) is 4.55. The number of hydrogen-bond acceptors (Lipinski definition) is 5. The van der Waals surface area contributed by atoms with Crippen molar-refractivity contribution in [3.63, 3.8) is 0 Å². The van der Waals surface area contributed by atoms with Crippen LogP contribution in [0.25, 0.3) is 0 Å².